The SMILES string of the molecule is CCCCCCC/C=C/C(=O)N1CC[CH-]CC1.[Cm]. The van der Waals surface area contributed by atoms with E-state index in [1.807, 2.05) is 11.0 Å². The predicted molar refractivity (Wildman–Crippen MR) is 72.6 cm³/mol. The fraction of sp³-hybridized carbons (Fsp3) is 0.733. The average molecular weight is 483 g/mol. The third kappa shape index (κ3) is 6.72. The van der Waals surface area contributed by atoms with E-state index in [1.165, 1.54) is 32.1 Å². The van der Waals surface area contributed by atoms with Crippen molar-refractivity contribution in [3.63, 3.8) is 0 Å². The number of amides is 1. The van der Waals surface area contributed by atoms with Crippen molar-refractivity contribution in [1.82, 2.24) is 4.90 Å². The maximum absolute atomic E-state index is 11.8. The van der Waals surface area contributed by atoms with Gasteiger partial charge in [-0.2, -0.15) is 12.8 Å². The number of nitrogens with zero attached hydrogens (tertiary/aromatic N) is 1. The molecule has 1 amide bonds. The maximum atomic E-state index is 11.8. The quantitative estimate of drug-likeness (QED) is 0.307. The van der Waals surface area contributed by atoms with Crippen molar-refractivity contribution in [3.05, 3.63) is 18.6 Å². The minimum atomic E-state index is 0. The van der Waals surface area contributed by atoms with Crippen LogP contribution < -0.4 is 0 Å². The van der Waals surface area contributed by atoms with Gasteiger partial charge in [-0.25, -0.2) is 0 Å². The molecule has 0 bridgehead atoms. The molecule has 0 aliphatic carbocycles. The van der Waals surface area contributed by atoms with Crippen LogP contribution in [0.3, 0.4) is 0 Å². The molecule has 106 valence electrons. The molecule has 0 unspecified atom stereocenters. The first-order valence-electron chi connectivity index (χ1n) is 7.11. The molecule has 1 aliphatic rings. The fourth-order valence-electron chi connectivity index (χ4n) is 2.13. The van der Waals surface area contributed by atoms with Crippen LogP contribution in [0, 0.1) is 6.42 Å². The number of carbonyl (C=O) groups excluding carboxylic acids is 1. The molecule has 0 aromatic carbocycles. The molecular formula is C15H26CmNO-. The zero-order valence-electron chi connectivity index (χ0n) is 11.5. The Morgan fingerprint density at radius 1 is 1.17 bits per heavy atom. The first-order valence-corrected chi connectivity index (χ1v) is 7.11. The fourth-order valence-corrected chi connectivity index (χ4v) is 2.13. The Bertz CT molecular complexity index is 235. The van der Waals surface area contributed by atoms with E-state index in [0.717, 1.165) is 32.4 Å². The number of unbranched alkanes of at least 4 members (excludes halogenated alkanes) is 5. The van der Waals surface area contributed by atoms with E-state index in [0.29, 0.717) is 0 Å². The molecule has 0 aromatic rings. The molecule has 0 radical (unpaired) electrons. The van der Waals surface area contributed by atoms with Crippen LogP contribution >= 0.6 is 0 Å². The zero-order chi connectivity index (χ0) is 12.3. The van der Waals surface area contributed by atoms with Crippen molar-refractivity contribution in [2.75, 3.05) is 13.1 Å². The summed E-state index contributed by atoms with van der Waals surface area (Å²) in [7, 11) is 0. The van der Waals surface area contributed by atoms with Gasteiger partial charge in [0.2, 0.25) is 5.91 Å². The predicted octanol–water partition coefficient (Wildman–Crippen LogP) is 3.73. The van der Waals surface area contributed by atoms with E-state index < -0.39 is 0 Å². The zero-order valence-corrected chi connectivity index (χ0v) is 14.5. The van der Waals surface area contributed by atoms with E-state index in [1.54, 1.807) is 6.08 Å². The van der Waals surface area contributed by atoms with Gasteiger partial charge in [-0.3, -0.25) is 4.79 Å². The van der Waals surface area contributed by atoms with Crippen LogP contribution in [0.25, 0.3) is 0 Å². The number of likely N-dealkylation sites (tertiary alicyclic amines) is 1. The smallest absolute Gasteiger partial charge is 0.246 e. The standard InChI is InChI=1S/C15H26NO.Cm/c1-2-3-4-5-6-7-9-12-15(17)16-13-10-8-11-14-16;/h8-9,12H,2-7,10-11,13-14H2,1H3;/q-1;/b12-9+;. The summed E-state index contributed by atoms with van der Waals surface area (Å²) >= 11 is 0. The van der Waals surface area contributed by atoms with E-state index in [4.69, 9.17) is 0 Å². The van der Waals surface area contributed by atoms with Gasteiger partial charge < -0.3 is 11.3 Å². The number of hydrogen-bond donors (Lipinski definition) is 0. The van der Waals surface area contributed by atoms with E-state index in [-0.39, 0.29) is 5.91 Å². The van der Waals surface area contributed by atoms with E-state index in [9.17, 15) is 4.79 Å². The molecule has 0 saturated carbocycles. The molecule has 0 N–H and O–H groups in total. The van der Waals surface area contributed by atoms with Gasteiger partial charge in [0, 0.05) is 0 Å². The minimum absolute atomic E-state index is 0. The maximum Gasteiger partial charge on any atom is 0.246 e. The molecule has 1 heterocycles. The second-order valence-electron chi connectivity index (χ2n) is 4.80. The van der Waals surface area contributed by atoms with Crippen molar-refractivity contribution < 1.29 is 4.79 Å². The summed E-state index contributed by atoms with van der Waals surface area (Å²) in [5, 5.41) is 0. The molecule has 1 saturated heterocycles. The Kier molecular flexibility index (Phi) is 9.34. The Labute approximate surface area is 106 Å². The Balaban J connectivity index is 0.00000289. The summed E-state index contributed by atoms with van der Waals surface area (Å²) < 4.78 is 0. The van der Waals surface area contributed by atoms with E-state index >= 15 is 0 Å². The topological polar surface area (TPSA) is 20.3 Å². The van der Waals surface area contributed by atoms with Crippen LogP contribution in [0.15, 0.2) is 12.2 Å². The Morgan fingerprint density at radius 3 is 2.50 bits per heavy atom. The summed E-state index contributed by atoms with van der Waals surface area (Å²) in [6.45, 7) is 4.04. The van der Waals surface area contributed by atoms with Crippen LogP contribution in [0.5, 0.6) is 0 Å². The number of piperidine rings is 1. The van der Waals surface area contributed by atoms with Crippen LogP contribution in [0.1, 0.15) is 58.3 Å². The monoisotopic (exact) mass is 479 g/mol. The Hall–Kier alpha value is -1.79. The second-order valence-corrected chi connectivity index (χ2v) is 4.80. The normalized spacial score (nSPS) is 15.7. The van der Waals surface area contributed by atoms with Crippen LogP contribution in [-0.2, 0) is 4.79 Å². The first kappa shape index (κ1) is 16.2. The van der Waals surface area contributed by atoms with Gasteiger partial charge in [-0.05, 0) is 32.0 Å². The molecular weight excluding hydrogens is 457 g/mol. The van der Waals surface area contributed by atoms with Gasteiger partial charge in [-0.15, -0.1) is 0 Å². The van der Waals surface area contributed by atoms with Crippen molar-refractivity contribution >= 4 is 5.91 Å². The second kappa shape index (κ2) is 10.4. The number of hydrogen-bond acceptors (Lipinski definition) is 1. The van der Waals surface area contributed by atoms with Crippen molar-refractivity contribution in [1.29, 1.82) is 0 Å². The molecule has 18 heavy (non-hydrogen) atoms. The Morgan fingerprint density at radius 2 is 1.83 bits per heavy atom. The molecule has 1 fully saturated rings. The number of allylic oxidation sites excluding steroid dienone is 1. The van der Waals surface area contributed by atoms with E-state index in [2.05, 4.69) is 13.3 Å². The van der Waals surface area contributed by atoms with Crippen molar-refractivity contribution in [2.45, 2.75) is 58.3 Å². The van der Waals surface area contributed by atoms with Gasteiger partial charge in [0.15, 0.2) is 0 Å². The average Bonchev–Trinajstić information content (AvgIpc) is 2.38. The van der Waals surface area contributed by atoms with Gasteiger partial charge in [-0.1, -0.05) is 38.7 Å². The van der Waals surface area contributed by atoms with Gasteiger partial charge >= 0.3 is 0 Å². The molecule has 0 aromatic heterocycles. The molecule has 0 spiro atoms. The van der Waals surface area contributed by atoms with Crippen LogP contribution in [0.2, 0.25) is 0 Å². The van der Waals surface area contributed by atoms with Gasteiger partial charge in [0.25, 0.3) is 0 Å². The summed E-state index contributed by atoms with van der Waals surface area (Å²) in [4.78, 5) is 13.7. The molecule has 1 rings (SSSR count). The van der Waals surface area contributed by atoms with Crippen molar-refractivity contribution in [3.8, 4) is 0 Å². The molecule has 2 nitrogen and oxygen atoms in total. The molecule has 1 aliphatic heterocycles. The molecule has 3 heteroatoms. The van der Waals surface area contributed by atoms with Crippen molar-refractivity contribution in [2.24, 2.45) is 0 Å². The largest absolute Gasteiger partial charge is 0.344 e. The molecule has 0 atom stereocenters. The number of rotatable bonds is 7. The van der Waals surface area contributed by atoms with Crippen LogP contribution in [0.4, 0.5) is 0 Å². The third-order valence-corrected chi connectivity index (χ3v) is 3.25. The summed E-state index contributed by atoms with van der Waals surface area (Å²) in [6.07, 6.45) is 15.7. The van der Waals surface area contributed by atoms with Gasteiger partial charge in [0.05, 0.1) is 0 Å². The van der Waals surface area contributed by atoms with Crippen LogP contribution in [-0.4, -0.2) is 23.9 Å². The summed E-state index contributed by atoms with van der Waals surface area (Å²) in [5.74, 6) is 0.201. The first-order chi connectivity index (χ1) is 8.34. The summed E-state index contributed by atoms with van der Waals surface area (Å²) in [6, 6.07) is 0. The van der Waals surface area contributed by atoms with Gasteiger partial charge in [0.1, 0.15) is 0 Å². The number of carbonyl (C=O) groups is 1. The third-order valence-electron chi connectivity index (χ3n) is 3.25. The summed E-state index contributed by atoms with van der Waals surface area (Å²) in [5.41, 5.74) is 0. The minimum Gasteiger partial charge on any atom is -0.344 e.